The van der Waals surface area contributed by atoms with E-state index in [0.717, 1.165) is 41.9 Å². The maximum absolute atomic E-state index is 12.3. The number of nitrogens with one attached hydrogen (secondary N) is 1. The highest BCUT2D eigenvalue weighted by Gasteiger charge is 2.33. The van der Waals surface area contributed by atoms with Gasteiger partial charge in [-0.3, -0.25) is 4.79 Å². The van der Waals surface area contributed by atoms with Crippen LogP contribution in [0.1, 0.15) is 36.9 Å². The molecular weight excluding hydrogens is 377 g/mol. The van der Waals surface area contributed by atoms with E-state index in [0.29, 0.717) is 13.0 Å². The third-order valence-corrected chi connectivity index (χ3v) is 5.45. The summed E-state index contributed by atoms with van der Waals surface area (Å²) in [6, 6.07) is 8.27. The molecule has 1 aliphatic carbocycles. The number of hydrogen-bond acceptors (Lipinski definition) is 4. The highest BCUT2D eigenvalue weighted by Crippen LogP contribution is 2.29. The van der Waals surface area contributed by atoms with Gasteiger partial charge in [0.25, 0.3) is 0 Å². The first-order chi connectivity index (χ1) is 11.1. The quantitative estimate of drug-likeness (QED) is 0.797. The molecule has 1 amide bonds. The lowest BCUT2D eigenvalue weighted by molar-refractivity contribution is -0.122. The van der Waals surface area contributed by atoms with E-state index in [1.807, 2.05) is 11.4 Å². The maximum atomic E-state index is 12.3. The molecule has 0 aliphatic heterocycles. The molecule has 0 saturated heterocycles. The van der Waals surface area contributed by atoms with Crippen molar-refractivity contribution in [2.75, 3.05) is 6.54 Å². The molecular formula is C18H25Cl2N3OS. The number of carbonyl (C=O) groups excluding carboxylic acids is 1. The summed E-state index contributed by atoms with van der Waals surface area (Å²) >= 11 is 1.59. The van der Waals surface area contributed by atoms with Gasteiger partial charge in [-0.05, 0) is 25.8 Å². The van der Waals surface area contributed by atoms with E-state index < -0.39 is 0 Å². The molecule has 2 aromatic rings. The molecule has 1 saturated carbocycles. The standard InChI is InChI=1S/C18H23N3OS.2ClH/c1-13-5-4-6-14(9-13)17-20-15(11-23-17)10-16(22)21-18(12-19)7-2-3-8-18;;/h4-6,9,11H,2-3,7-8,10,12,19H2,1H3,(H,21,22);2*1H. The topological polar surface area (TPSA) is 68.0 Å². The first-order valence-electron chi connectivity index (χ1n) is 8.13. The Morgan fingerprint density at radius 2 is 2.04 bits per heavy atom. The number of nitrogens with two attached hydrogens (primary N) is 1. The summed E-state index contributed by atoms with van der Waals surface area (Å²) in [6.07, 6.45) is 4.59. The minimum Gasteiger partial charge on any atom is -0.349 e. The third kappa shape index (κ3) is 5.42. The maximum Gasteiger partial charge on any atom is 0.226 e. The first-order valence-corrected chi connectivity index (χ1v) is 9.01. The summed E-state index contributed by atoms with van der Waals surface area (Å²) in [5.74, 6) is 0.0263. The van der Waals surface area contributed by atoms with Crippen molar-refractivity contribution in [1.29, 1.82) is 0 Å². The van der Waals surface area contributed by atoms with Crippen molar-refractivity contribution in [3.63, 3.8) is 0 Å². The van der Waals surface area contributed by atoms with E-state index in [2.05, 4.69) is 35.4 Å². The third-order valence-electron chi connectivity index (χ3n) is 4.51. The average molecular weight is 402 g/mol. The Bertz CT molecular complexity index is 699. The molecule has 1 aromatic carbocycles. The van der Waals surface area contributed by atoms with Gasteiger partial charge in [-0.2, -0.15) is 0 Å². The van der Waals surface area contributed by atoms with Crippen LogP contribution >= 0.6 is 36.2 Å². The zero-order valence-corrected chi connectivity index (χ0v) is 16.7. The normalized spacial score (nSPS) is 15.1. The van der Waals surface area contributed by atoms with Crippen LogP contribution in [0.5, 0.6) is 0 Å². The monoisotopic (exact) mass is 401 g/mol. The Morgan fingerprint density at radius 3 is 2.68 bits per heavy atom. The van der Waals surface area contributed by atoms with E-state index in [1.54, 1.807) is 11.3 Å². The lowest BCUT2D eigenvalue weighted by atomic mass is 9.97. The number of aromatic nitrogens is 1. The van der Waals surface area contributed by atoms with Crippen LogP contribution in [0.25, 0.3) is 10.6 Å². The van der Waals surface area contributed by atoms with Crippen LogP contribution in [0.2, 0.25) is 0 Å². The van der Waals surface area contributed by atoms with Crippen molar-refractivity contribution in [3.05, 3.63) is 40.9 Å². The second-order valence-corrected chi connectivity index (χ2v) is 7.29. The highest BCUT2D eigenvalue weighted by atomic mass is 35.5. The fraction of sp³-hybridized carbons (Fsp3) is 0.444. The van der Waals surface area contributed by atoms with Gasteiger partial charge in [-0.1, -0.05) is 36.6 Å². The molecule has 7 heteroatoms. The Hall–Kier alpha value is -1.14. The van der Waals surface area contributed by atoms with E-state index in [-0.39, 0.29) is 36.3 Å². The molecule has 0 radical (unpaired) electrons. The van der Waals surface area contributed by atoms with Gasteiger partial charge in [0.1, 0.15) is 5.01 Å². The molecule has 3 N–H and O–H groups in total. The second-order valence-electron chi connectivity index (χ2n) is 6.43. The van der Waals surface area contributed by atoms with Crippen LogP contribution in [-0.2, 0) is 11.2 Å². The summed E-state index contributed by atoms with van der Waals surface area (Å²) in [4.78, 5) is 16.9. The number of amides is 1. The fourth-order valence-electron chi connectivity index (χ4n) is 3.24. The summed E-state index contributed by atoms with van der Waals surface area (Å²) < 4.78 is 0. The number of rotatable bonds is 5. The van der Waals surface area contributed by atoms with Crippen molar-refractivity contribution in [2.24, 2.45) is 5.73 Å². The van der Waals surface area contributed by atoms with Crippen LogP contribution in [0.3, 0.4) is 0 Å². The largest absolute Gasteiger partial charge is 0.349 e. The Morgan fingerprint density at radius 1 is 1.32 bits per heavy atom. The van der Waals surface area contributed by atoms with Crippen LogP contribution in [0, 0.1) is 6.92 Å². The van der Waals surface area contributed by atoms with E-state index in [1.165, 1.54) is 5.56 Å². The molecule has 1 aliphatic rings. The number of hydrogen-bond donors (Lipinski definition) is 2. The molecule has 0 atom stereocenters. The van der Waals surface area contributed by atoms with Crippen LogP contribution in [-0.4, -0.2) is 23.0 Å². The Labute approximate surface area is 165 Å². The zero-order chi connectivity index (χ0) is 16.3. The van der Waals surface area contributed by atoms with Crippen molar-refractivity contribution in [2.45, 2.75) is 44.6 Å². The molecule has 4 nitrogen and oxygen atoms in total. The molecule has 0 unspecified atom stereocenters. The van der Waals surface area contributed by atoms with Gasteiger partial charge >= 0.3 is 0 Å². The highest BCUT2D eigenvalue weighted by molar-refractivity contribution is 7.13. The van der Waals surface area contributed by atoms with Gasteiger partial charge < -0.3 is 11.1 Å². The van der Waals surface area contributed by atoms with Gasteiger partial charge in [0.2, 0.25) is 5.91 Å². The number of thiazole rings is 1. The van der Waals surface area contributed by atoms with Gasteiger partial charge in [0.05, 0.1) is 17.7 Å². The SMILES string of the molecule is Cc1cccc(-c2nc(CC(=O)NC3(CN)CCCC3)cs2)c1.Cl.Cl. The summed E-state index contributed by atoms with van der Waals surface area (Å²) in [6.45, 7) is 2.59. The van der Waals surface area contributed by atoms with Gasteiger partial charge in [-0.25, -0.2) is 4.98 Å². The fourth-order valence-corrected chi connectivity index (χ4v) is 4.05. The molecule has 25 heavy (non-hydrogen) atoms. The lowest BCUT2D eigenvalue weighted by Crippen LogP contribution is -2.52. The lowest BCUT2D eigenvalue weighted by Gasteiger charge is -2.28. The number of carbonyl (C=O) groups is 1. The summed E-state index contributed by atoms with van der Waals surface area (Å²) in [7, 11) is 0. The van der Waals surface area contributed by atoms with Crippen LogP contribution < -0.4 is 11.1 Å². The minimum atomic E-state index is -0.188. The predicted molar refractivity (Wildman–Crippen MR) is 109 cm³/mol. The van der Waals surface area contributed by atoms with E-state index in [4.69, 9.17) is 5.73 Å². The first kappa shape index (κ1) is 21.9. The molecule has 0 spiro atoms. The Kier molecular flexibility index (Phi) is 8.35. The summed E-state index contributed by atoms with van der Waals surface area (Å²) in [5.41, 5.74) is 8.83. The minimum absolute atomic E-state index is 0. The zero-order valence-electron chi connectivity index (χ0n) is 14.3. The number of benzene rings is 1. The van der Waals surface area contributed by atoms with Gasteiger partial charge in [0.15, 0.2) is 0 Å². The number of aryl methyl sites for hydroxylation is 1. The second kappa shape index (κ2) is 9.53. The average Bonchev–Trinajstić information content (AvgIpc) is 3.17. The molecule has 1 aromatic heterocycles. The van der Waals surface area contributed by atoms with E-state index >= 15 is 0 Å². The summed E-state index contributed by atoms with van der Waals surface area (Å²) in [5, 5.41) is 6.09. The predicted octanol–water partition coefficient (Wildman–Crippen LogP) is 3.89. The van der Waals surface area contributed by atoms with Crippen molar-refractivity contribution in [1.82, 2.24) is 10.3 Å². The number of halogens is 2. The molecule has 1 fully saturated rings. The molecule has 0 bridgehead atoms. The van der Waals surface area contributed by atoms with Gasteiger partial charge in [-0.15, -0.1) is 36.2 Å². The molecule has 1 heterocycles. The smallest absolute Gasteiger partial charge is 0.226 e. The molecule has 3 rings (SSSR count). The Balaban J connectivity index is 0.00000156. The van der Waals surface area contributed by atoms with Crippen LogP contribution in [0.15, 0.2) is 29.6 Å². The number of nitrogens with zero attached hydrogens (tertiary/aromatic N) is 1. The van der Waals surface area contributed by atoms with Crippen molar-refractivity contribution >= 4 is 42.1 Å². The van der Waals surface area contributed by atoms with Crippen molar-refractivity contribution in [3.8, 4) is 10.6 Å². The van der Waals surface area contributed by atoms with Crippen molar-refractivity contribution < 1.29 is 4.79 Å². The van der Waals surface area contributed by atoms with Crippen LogP contribution in [0.4, 0.5) is 0 Å². The van der Waals surface area contributed by atoms with Gasteiger partial charge in [0, 0.05) is 17.5 Å². The van der Waals surface area contributed by atoms with E-state index in [9.17, 15) is 4.79 Å². The molecule has 138 valence electrons.